The lowest BCUT2D eigenvalue weighted by atomic mass is 10.2. The number of alkyl halides is 3. The van der Waals surface area contributed by atoms with E-state index in [1.54, 1.807) is 0 Å². The summed E-state index contributed by atoms with van der Waals surface area (Å²) in [7, 11) is 1.36. The van der Waals surface area contributed by atoms with E-state index in [0.29, 0.717) is 0 Å². The van der Waals surface area contributed by atoms with Gasteiger partial charge in [0.1, 0.15) is 6.61 Å². The molecule has 0 fully saturated rings. The number of aryl methyl sites for hydroxylation is 1. The molecule has 2 aromatic carbocycles. The van der Waals surface area contributed by atoms with Crippen molar-refractivity contribution < 1.29 is 22.3 Å². The van der Waals surface area contributed by atoms with Crippen molar-refractivity contribution in [3.05, 3.63) is 64.3 Å². The van der Waals surface area contributed by atoms with Crippen LogP contribution in [-0.4, -0.2) is 25.3 Å². The number of nitrogens with zero attached hydrogens (tertiary/aromatic N) is 4. The maximum atomic E-state index is 13.8. The van der Waals surface area contributed by atoms with Crippen LogP contribution in [0.2, 0.25) is 0 Å². The molecule has 0 saturated carbocycles. The van der Waals surface area contributed by atoms with Gasteiger partial charge in [0, 0.05) is 17.5 Å². The average Bonchev–Trinajstić information content (AvgIpc) is 2.93. The third kappa shape index (κ3) is 4.30. The van der Waals surface area contributed by atoms with Gasteiger partial charge in [-0.25, -0.2) is 9.18 Å². The number of aromatic nitrogens is 4. The Morgan fingerprint density at radius 3 is 2.48 bits per heavy atom. The van der Waals surface area contributed by atoms with Crippen molar-refractivity contribution >= 4 is 11.8 Å². The number of benzene rings is 2. The van der Waals surface area contributed by atoms with E-state index in [1.165, 1.54) is 49.5 Å². The van der Waals surface area contributed by atoms with E-state index >= 15 is 0 Å². The van der Waals surface area contributed by atoms with Crippen LogP contribution in [-0.2, 0) is 13.7 Å². The van der Waals surface area contributed by atoms with Crippen molar-refractivity contribution in [1.82, 2.24) is 19.8 Å². The summed E-state index contributed by atoms with van der Waals surface area (Å²) in [6, 6.07) is 9.52. The van der Waals surface area contributed by atoms with Crippen LogP contribution < -0.4 is 10.4 Å². The maximum absolute atomic E-state index is 13.8. The lowest BCUT2D eigenvalue weighted by Gasteiger charge is -2.15. The Balaban J connectivity index is 2.05. The molecule has 1 aromatic heterocycles. The minimum atomic E-state index is -4.56. The maximum Gasteiger partial charge on any atom is 0.446 e. The number of hydrogen-bond acceptors (Lipinski definition) is 5. The third-order valence-electron chi connectivity index (χ3n) is 3.49. The number of ether oxygens (including phenoxy) is 1. The molecule has 0 aliphatic rings. The monoisotopic (exact) mass is 400 g/mol. The first-order chi connectivity index (χ1) is 12.8. The molecule has 1 heterocycles. The highest BCUT2D eigenvalue weighted by molar-refractivity contribution is 8.00. The number of thioether (sulfide) groups is 1. The second-order valence-electron chi connectivity index (χ2n) is 5.32. The van der Waals surface area contributed by atoms with E-state index in [-0.39, 0.29) is 33.7 Å². The van der Waals surface area contributed by atoms with Gasteiger partial charge in [0.05, 0.1) is 5.69 Å². The molecule has 0 N–H and O–H groups in total. The molecule has 0 unspecified atom stereocenters. The Morgan fingerprint density at radius 2 is 1.85 bits per heavy atom. The first-order valence-corrected chi connectivity index (χ1v) is 8.32. The molecule has 11 heteroatoms. The molecule has 0 aliphatic carbocycles. The van der Waals surface area contributed by atoms with Crippen LogP contribution in [0, 0.1) is 5.82 Å². The first-order valence-electron chi connectivity index (χ1n) is 7.50. The number of rotatable bonds is 5. The Kier molecular flexibility index (Phi) is 5.22. The van der Waals surface area contributed by atoms with Gasteiger partial charge < -0.3 is 4.74 Å². The van der Waals surface area contributed by atoms with E-state index in [4.69, 9.17) is 4.74 Å². The Morgan fingerprint density at radius 1 is 1.11 bits per heavy atom. The topological polar surface area (TPSA) is 61.9 Å². The molecule has 6 nitrogen and oxygen atoms in total. The summed E-state index contributed by atoms with van der Waals surface area (Å²) in [5.41, 5.74) is -5.10. The molecular formula is C16H12F4N4O2S. The van der Waals surface area contributed by atoms with Crippen molar-refractivity contribution in [2.24, 2.45) is 7.05 Å². The number of tetrazole rings is 1. The summed E-state index contributed by atoms with van der Waals surface area (Å²) in [5, 5.41) is 7.21. The van der Waals surface area contributed by atoms with E-state index < -0.39 is 23.6 Å². The summed E-state index contributed by atoms with van der Waals surface area (Å²) >= 11 is -0.356. The molecule has 3 rings (SSSR count). The Hall–Kier alpha value is -2.82. The fourth-order valence-electron chi connectivity index (χ4n) is 2.29. The largest absolute Gasteiger partial charge is 0.486 e. The SMILES string of the molecule is Cn1nnn(-c2cccc(SC(F)(F)F)c2COc2ccccc2F)c1=O. The lowest BCUT2D eigenvalue weighted by Crippen LogP contribution is -2.23. The average molecular weight is 400 g/mol. The van der Waals surface area contributed by atoms with Gasteiger partial charge >= 0.3 is 11.2 Å². The van der Waals surface area contributed by atoms with Gasteiger partial charge in [0.15, 0.2) is 11.6 Å². The molecule has 0 atom stereocenters. The van der Waals surface area contributed by atoms with Crippen LogP contribution in [0.4, 0.5) is 17.6 Å². The van der Waals surface area contributed by atoms with Gasteiger partial charge in [0.2, 0.25) is 0 Å². The highest BCUT2D eigenvalue weighted by Gasteiger charge is 2.31. The predicted molar refractivity (Wildman–Crippen MR) is 89.2 cm³/mol. The molecule has 0 radical (unpaired) electrons. The zero-order valence-electron chi connectivity index (χ0n) is 13.8. The standard InChI is InChI=1S/C16H12F4N4O2S/c1-23-15(25)24(22-21-23)12-6-4-8-14(27-16(18,19)20)10(12)9-26-13-7-3-2-5-11(13)17/h2-8H,9H2,1H3. The number of para-hydroxylation sites is 1. The van der Waals surface area contributed by atoms with Crippen LogP contribution in [0.5, 0.6) is 5.75 Å². The molecule has 142 valence electrons. The van der Waals surface area contributed by atoms with Crippen LogP contribution in [0.25, 0.3) is 5.69 Å². The van der Waals surface area contributed by atoms with E-state index in [9.17, 15) is 22.4 Å². The molecule has 27 heavy (non-hydrogen) atoms. The second-order valence-corrected chi connectivity index (χ2v) is 6.42. The summed E-state index contributed by atoms with van der Waals surface area (Å²) in [6.45, 7) is -0.404. The normalized spacial score (nSPS) is 11.6. The smallest absolute Gasteiger partial charge is 0.446 e. The summed E-state index contributed by atoms with van der Waals surface area (Å²) < 4.78 is 59.7. The minimum absolute atomic E-state index is 0.0330. The van der Waals surface area contributed by atoms with Crippen molar-refractivity contribution in [2.75, 3.05) is 0 Å². The summed E-state index contributed by atoms with van der Waals surface area (Å²) in [4.78, 5) is 11.9. The number of hydrogen-bond donors (Lipinski definition) is 0. The fraction of sp³-hybridized carbons (Fsp3) is 0.188. The second kappa shape index (κ2) is 7.43. The van der Waals surface area contributed by atoms with Crippen molar-refractivity contribution in [3.63, 3.8) is 0 Å². The quantitative estimate of drug-likeness (QED) is 0.486. The molecular weight excluding hydrogens is 388 g/mol. The summed E-state index contributed by atoms with van der Waals surface area (Å²) in [5.74, 6) is -0.779. The third-order valence-corrected chi connectivity index (χ3v) is 4.33. The van der Waals surface area contributed by atoms with Crippen LogP contribution in [0.3, 0.4) is 0 Å². The van der Waals surface area contributed by atoms with Gasteiger partial charge in [-0.05, 0) is 46.5 Å². The van der Waals surface area contributed by atoms with Crippen molar-refractivity contribution in [1.29, 1.82) is 0 Å². The zero-order chi connectivity index (χ0) is 19.6. The van der Waals surface area contributed by atoms with Gasteiger partial charge in [-0.2, -0.15) is 22.5 Å². The van der Waals surface area contributed by atoms with E-state index in [2.05, 4.69) is 10.4 Å². The molecule has 0 amide bonds. The van der Waals surface area contributed by atoms with Gasteiger partial charge in [-0.3, -0.25) is 0 Å². The van der Waals surface area contributed by atoms with Crippen molar-refractivity contribution in [2.45, 2.75) is 17.0 Å². The Labute approximate surface area is 154 Å². The van der Waals surface area contributed by atoms with E-state index in [1.807, 2.05) is 0 Å². The molecule has 0 saturated heterocycles. The van der Waals surface area contributed by atoms with E-state index in [0.717, 1.165) is 9.36 Å². The van der Waals surface area contributed by atoms with Crippen LogP contribution >= 0.6 is 11.8 Å². The van der Waals surface area contributed by atoms with Crippen LogP contribution in [0.15, 0.2) is 52.2 Å². The molecule has 3 aromatic rings. The highest BCUT2D eigenvalue weighted by Crippen LogP contribution is 2.40. The molecule has 0 bridgehead atoms. The van der Waals surface area contributed by atoms with Crippen molar-refractivity contribution in [3.8, 4) is 11.4 Å². The Bertz CT molecular complexity index is 1020. The molecule has 0 aliphatic heterocycles. The number of halogens is 4. The molecule has 0 spiro atoms. The predicted octanol–water partition coefficient (Wildman–Crippen LogP) is 3.30. The fourth-order valence-corrected chi connectivity index (χ4v) is 2.98. The minimum Gasteiger partial charge on any atom is -0.486 e. The van der Waals surface area contributed by atoms with Gasteiger partial charge in [-0.15, -0.1) is 0 Å². The zero-order valence-corrected chi connectivity index (χ0v) is 14.6. The highest BCUT2D eigenvalue weighted by atomic mass is 32.2. The van der Waals surface area contributed by atoms with Gasteiger partial charge in [-0.1, -0.05) is 18.2 Å². The first kappa shape index (κ1) is 19.0. The van der Waals surface area contributed by atoms with Gasteiger partial charge in [0.25, 0.3) is 0 Å². The van der Waals surface area contributed by atoms with Crippen LogP contribution in [0.1, 0.15) is 5.56 Å². The lowest BCUT2D eigenvalue weighted by molar-refractivity contribution is -0.0328. The summed E-state index contributed by atoms with van der Waals surface area (Å²) in [6.07, 6.45) is 0.